The molecule has 2 N–H and O–H groups in total. The van der Waals surface area contributed by atoms with Gasteiger partial charge in [-0.3, -0.25) is 9.59 Å². The van der Waals surface area contributed by atoms with E-state index in [-0.39, 0.29) is 11.1 Å². The van der Waals surface area contributed by atoms with Crippen LogP contribution in [0, 0.1) is 19.8 Å². The van der Waals surface area contributed by atoms with Gasteiger partial charge in [-0.05, 0) is 69.0 Å². The molecule has 3 heterocycles. The standard InChI is InChI=1S/C19H24N4O2/c1-13-7-10-23(12-15-6-4-8-20-11-15)19(25)16(13)18(24)22-17-14(2)5-3-9-21-17/h3,5,7,9-10,15,20H,4,6,8,11-12H2,1-2H3,(H,21,22,24). The molecule has 6 nitrogen and oxygen atoms in total. The summed E-state index contributed by atoms with van der Waals surface area (Å²) in [6.45, 7) is 6.24. The van der Waals surface area contributed by atoms with Crippen LogP contribution < -0.4 is 16.2 Å². The van der Waals surface area contributed by atoms with Crippen molar-refractivity contribution in [3.8, 4) is 0 Å². The van der Waals surface area contributed by atoms with Crippen LogP contribution >= 0.6 is 0 Å². The first kappa shape index (κ1) is 17.4. The maximum absolute atomic E-state index is 12.8. The summed E-state index contributed by atoms with van der Waals surface area (Å²) in [5.74, 6) is 0.502. The number of amides is 1. The Bertz CT molecular complexity index is 822. The Morgan fingerprint density at radius 1 is 1.36 bits per heavy atom. The minimum atomic E-state index is -0.402. The highest BCUT2D eigenvalue weighted by Gasteiger charge is 2.19. The first-order valence-electron chi connectivity index (χ1n) is 8.70. The first-order valence-corrected chi connectivity index (χ1v) is 8.70. The number of pyridine rings is 2. The second kappa shape index (κ2) is 7.61. The molecule has 1 aliphatic heterocycles. The second-order valence-electron chi connectivity index (χ2n) is 6.67. The van der Waals surface area contributed by atoms with Gasteiger partial charge in [0.1, 0.15) is 11.4 Å². The molecule has 2 aromatic heterocycles. The highest BCUT2D eigenvalue weighted by molar-refractivity contribution is 6.04. The van der Waals surface area contributed by atoms with Crippen LogP contribution in [0.25, 0.3) is 0 Å². The lowest BCUT2D eigenvalue weighted by molar-refractivity contribution is 0.102. The van der Waals surface area contributed by atoms with E-state index in [0.717, 1.165) is 31.5 Å². The van der Waals surface area contributed by atoms with Crippen LogP contribution in [0.15, 0.2) is 35.4 Å². The zero-order chi connectivity index (χ0) is 17.8. The predicted octanol–water partition coefficient (Wildman–Crippen LogP) is 2.11. The van der Waals surface area contributed by atoms with Gasteiger partial charge in [0.2, 0.25) is 0 Å². The van der Waals surface area contributed by atoms with Crippen molar-refractivity contribution in [1.29, 1.82) is 0 Å². The van der Waals surface area contributed by atoms with Crippen LogP contribution in [0.5, 0.6) is 0 Å². The lowest BCUT2D eigenvalue weighted by Crippen LogP contribution is -2.36. The molecule has 0 spiro atoms. The molecule has 1 amide bonds. The Kier molecular flexibility index (Phi) is 5.28. The lowest BCUT2D eigenvalue weighted by atomic mass is 9.99. The van der Waals surface area contributed by atoms with Gasteiger partial charge in [0.05, 0.1) is 0 Å². The van der Waals surface area contributed by atoms with Gasteiger partial charge in [0, 0.05) is 18.9 Å². The third-order valence-corrected chi connectivity index (χ3v) is 4.70. The number of hydrogen-bond acceptors (Lipinski definition) is 4. The molecular weight excluding hydrogens is 316 g/mol. The van der Waals surface area contributed by atoms with E-state index in [0.29, 0.717) is 23.8 Å². The Morgan fingerprint density at radius 2 is 2.20 bits per heavy atom. The molecule has 1 atom stereocenters. The third-order valence-electron chi connectivity index (χ3n) is 4.70. The lowest BCUT2D eigenvalue weighted by Gasteiger charge is -2.23. The maximum atomic E-state index is 12.8. The van der Waals surface area contributed by atoms with E-state index in [4.69, 9.17) is 0 Å². The summed E-state index contributed by atoms with van der Waals surface area (Å²) in [4.78, 5) is 29.7. The van der Waals surface area contributed by atoms with E-state index in [1.165, 1.54) is 0 Å². The van der Waals surface area contributed by atoms with Crippen molar-refractivity contribution < 1.29 is 4.79 Å². The highest BCUT2D eigenvalue weighted by Crippen LogP contribution is 2.14. The molecule has 0 aliphatic carbocycles. The summed E-state index contributed by atoms with van der Waals surface area (Å²) < 4.78 is 1.66. The van der Waals surface area contributed by atoms with Gasteiger partial charge in [0.25, 0.3) is 11.5 Å². The highest BCUT2D eigenvalue weighted by atomic mass is 16.2. The summed E-state index contributed by atoms with van der Waals surface area (Å²) in [5.41, 5.74) is 1.49. The summed E-state index contributed by atoms with van der Waals surface area (Å²) in [7, 11) is 0. The van der Waals surface area contributed by atoms with E-state index in [9.17, 15) is 9.59 Å². The second-order valence-corrected chi connectivity index (χ2v) is 6.67. The van der Waals surface area contributed by atoms with Crippen LogP contribution in [0.4, 0.5) is 5.82 Å². The number of nitrogens with one attached hydrogen (secondary N) is 2. The minimum absolute atomic E-state index is 0.191. The Balaban J connectivity index is 1.85. The third kappa shape index (κ3) is 3.96. The smallest absolute Gasteiger partial charge is 0.263 e. The largest absolute Gasteiger partial charge is 0.316 e. The van der Waals surface area contributed by atoms with Crippen molar-refractivity contribution >= 4 is 11.7 Å². The summed E-state index contributed by atoms with van der Waals surface area (Å²) >= 11 is 0. The molecule has 1 saturated heterocycles. The fourth-order valence-corrected chi connectivity index (χ4v) is 3.23. The van der Waals surface area contributed by atoms with E-state index in [1.807, 2.05) is 25.1 Å². The molecule has 132 valence electrons. The molecule has 0 saturated carbocycles. The van der Waals surface area contributed by atoms with Gasteiger partial charge in [-0.1, -0.05) is 6.07 Å². The predicted molar refractivity (Wildman–Crippen MR) is 98.0 cm³/mol. The molecule has 0 aromatic carbocycles. The van der Waals surface area contributed by atoms with Gasteiger partial charge in [-0.15, -0.1) is 0 Å². The van der Waals surface area contributed by atoms with Gasteiger partial charge in [-0.25, -0.2) is 4.98 Å². The summed E-state index contributed by atoms with van der Waals surface area (Å²) in [5, 5.41) is 6.12. The number of nitrogens with zero attached hydrogens (tertiary/aromatic N) is 2. The van der Waals surface area contributed by atoms with Crippen molar-refractivity contribution in [2.24, 2.45) is 5.92 Å². The molecule has 1 aliphatic rings. The first-order chi connectivity index (χ1) is 12.1. The summed E-state index contributed by atoms with van der Waals surface area (Å²) in [6.07, 6.45) is 5.63. The Hall–Kier alpha value is -2.47. The quantitative estimate of drug-likeness (QED) is 0.894. The minimum Gasteiger partial charge on any atom is -0.316 e. The van der Waals surface area contributed by atoms with Gasteiger partial charge >= 0.3 is 0 Å². The molecule has 25 heavy (non-hydrogen) atoms. The van der Waals surface area contributed by atoms with Crippen molar-refractivity contribution in [2.45, 2.75) is 33.2 Å². The number of piperidine rings is 1. The van der Waals surface area contributed by atoms with Crippen LogP contribution in [0.3, 0.4) is 0 Å². The molecule has 1 unspecified atom stereocenters. The molecule has 3 rings (SSSR count). The van der Waals surface area contributed by atoms with Crippen LogP contribution in [-0.4, -0.2) is 28.5 Å². The monoisotopic (exact) mass is 340 g/mol. The molecule has 6 heteroatoms. The zero-order valence-electron chi connectivity index (χ0n) is 14.7. The molecule has 2 aromatic rings. The average Bonchev–Trinajstić information content (AvgIpc) is 2.60. The molecular formula is C19H24N4O2. The van der Waals surface area contributed by atoms with Crippen LogP contribution in [0.2, 0.25) is 0 Å². The average molecular weight is 340 g/mol. The van der Waals surface area contributed by atoms with Crippen molar-refractivity contribution in [3.05, 3.63) is 57.6 Å². The number of anilines is 1. The fraction of sp³-hybridized carbons (Fsp3) is 0.421. The zero-order valence-corrected chi connectivity index (χ0v) is 14.7. The SMILES string of the molecule is Cc1cccnc1NC(=O)c1c(C)ccn(CC2CCCNC2)c1=O. The number of aromatic nitrogens is 2. The van der Waals surface area contributed by atoms with Crippen LogP contribution in [0.1, 0.15) is 34.3 Å². The van der Waals surface area contributed by atoms with E-state index in [1.54, 1.807) is 23.9 Å². The fourth-order valence-electron chi connectivity index (χ4n) is 3.23. The number of carbonyl (C=O) groups is 1. The summed E-state index contributed by atoms with van der Waals surface area (Å²) in [6, 6.07) is 5.51. The van der Waals surface area contributed by atoms with Gasteiger partial charge in [0.15, 0.2) is 0 Å². The number of aryl methyl sites for hydroxylation is 2. The molecule has 0 bridgehead atoms. The molecule has 1 fully saturated rings. The normalized spacial score (nSPS) is 17.3. The number of rotatable bonds is 4. The van der Waals surface area contributed by atoms with Crippen molar-refractivity contribution in [3.63, 3.8) is 0 Å². The van der Waals surface area contributed by atoms with E-state index in [2.05, 4.69) is 15.6 Å². The number of carbonyl (C=O) groups excluding carboxylic acids is 1. The Morgan fingerprint density at radius 3 is 2.92 bits per heavy atom. The topological polar surface area (TPSA) is 76.0 Å². The van der Waals surface area contributed by atoms with Gasteiger partial charge < -0.3 is 15.2 Å². The van der Waals surface area contributed by atoms with E-state index >= 15 is 0 Å². The van der Waals surface area contributed by atoms with E-state index < -0.39 is 5.91 Å². The number of hydrogen-bond donors (Lipinski definition) is 2. The van der Waals surface area contributed by atoms with Gasteiger partial charge in [-0.2, -0.15) is 0 Å². The van der Waals surface area contributed by atoms with Crippen LogP contribution in [-0.2, 0) is 6.54 Å². The molecule has 0 radical (unpaired) electrons. The maximum Gasteiger partial charge on any atom is 0.263 e. The van der Waals surface area contributed by atoms with Crippen molar-refractivity contribution in [2.75, 3.05) is 18.4 Å². The van der Waals surface area contributed by atoms with Crippen molar-refractivity contribution in [1.82, 2.24) is 14.9 Å². The Labute approximate surface area is 147 Å².